The summed E-state index contributed by atoms with van der Waals surface area (Å²) in [5, 5.41) is 20.1. The van der Waals surface area contributed by atoms with Gasteiger partial charge in [0.05, 0.1) is 0 Å². The van der Waals surface area contributed by atoms with Crippen molar-refractivity contribution in [2.45, 2.75) is 19.0 Å². The highest BCUT2D eigenvalue weighted by atomic mass is 16.4. The Labute approximate surface area is 173 Å². The van der Waals surface area contributed by atoms with Gasteiger partial charge in [0, 0.05) is 61.2 Å². The van der Waals surface area contributed by atoms with Crippen LogP contribution in [0.5, 0.6) is 0 Å². The van der Waals surface area contributed by atoms with Gasteiger partial charge in [-0.1, -0.05) is 18.2 Å². The lowest BCUT2D eigenvalue weighted by Gasteiger charge is -2.27. The van der Waals surface area contributed by atoms with E-state index in [1.165, 1.54) is 0 Å². The third kappa shape index (κ3) is 3.97. The molecular formula is C21H23N5O4. The van der Waals surface area contributed by atoms with E-state index in [-0.39, 0.29) is 6.54 Å². The molecule has 0 saturated carbocycles. The van der Waals surface area contributed by atoms with Gasteiger partial charge in [0.2, 0.25) is 5.95 Å². The number of carboxylic acids is 2. The van der Waals surface area contributed by atoms with E-state index in [1.807, 2.05) is 29.2 Å². The van der Waals surface area contributed by atoms with Gasteiger partial charge >= 0.3 is 11.9 Å². The number of carbonyl (C=O) groups is 2. The first-order valence-corrected chi connectivity index (χ1v) is 9.83. The van der Waals surface area contributed by atoms with Crippen LogP contribution >= 0.6 is 0 Å². The number of aromatic nitrogens is 3. The van der Waals surface area contributed by atoms with Gasteiger partial charge in [0.15, 0.2) is 0 Å². The van der Waals surface area contributed by atoms with Crippen LogP contribution in [0.15, 0.2) is 48.9 Å². The molecule has 156 valence electrons. The lowest BCUT2D eigenvalue weighted by atomic mass is 10.0. The fraction of sp³-hybridized carbons (Fsp3) is 0.333. The van der Waals surface area contributed by atoms with E-state index < -0.39 is 18.0 Å². The monoisotopic (exact) mass is 409 g/mol. The minimum absolute atomic E-state index is 0.216. The summed E-state index contributed by atoms with van der Waals surface area (Å²) in [6.45, 7) is 2.29. The SMILES string of the molecule is O=C(O)Cn1cc([C@H](C(=O)O)N2CCCN(c3ncccn3)CC2)c2ccccc21. The number of para-hydroxylation sites is 1. The van der Waals surface area contributed by atoms with Crippen LogP contribution in [0.3, 0.4) is 0 Å². The summed E-state index contributed by atoms with van der Waals surface area (Å²) in [4.78, 5) is 36.2. The minimum Gasteiger partial charge on any atom is -0.480 e. The molecule has 2 N–H and O–H groups in total. The second kappa shape index (κ2) is 8.50. The topological polar surface area (TPSA) is 112 Å². The first kappa shape index (κ1) is 19.8. The van der Waals surface area contributed by atoms with Crippen LogP contribution in [0.1, 0.15) is 18.0 Å². The van der Waals surface area contributed by atoms with Gasteiger partial charge in [0.25, 0.3) is 0 Å². The molecule has 1 saturated heterocycles. The predicted octanol–water partition coefficient (Wildman–Crippen LogP) is 1.85. The quantitative estimate of drug-likeness (QED) is 0.634. The number of nitrogens with zero attached hydrogens (tertiary/aromatic N) is 5. The van der Waals surface area contributed by atoms with Gasteiger partial charge in [-0.05, 0) is 18.6 Å². The van der Waals surface area contributed by atoms with Crippen LogP contribution in [0.4, 0.5) is 5.95 Å². The molecule has 9 nitrogen and oxygen atoms in total. The maximum Gasteiger partial charge on any atom is 0.325 e. The van der Waals surface area contributed by atoms with Crippen molar-refractivity contribution in [1.82, 2.24) is 19.4 Å². The molecule has 0 amide bonds. The normalized spacial score (nSPS) is 16.3. The van der Waals surface area contributed by atoms with Gasteiger partial charge in [-0.2, -0.15) is 0 Å². The van der Waals surface area contributed by atoms with Crippen LogP contribution in [0.25, 0.3) is 10.9 Å². The molecule has 3 aromatic rings. The number of rotatable bonds is 6. The Morgan fingerprint density at radius 3 is 2.50 bits per heavy atom. The Kier molecular flexibility index (Phi) is 5.62. The third-order valence-corrected chi connectivity index (χ3v) is 5.38. The standard InChI is InChI=1S/C21H23N5O4/c27-18(28)14-26-13-16(15-5-1-2-6-17(15)26)19(20(29)30)24-9-4-10-25(12-11-24)21-22-7-3-8-23-21/h1-3,5-8,13,19H,4,9-12,14H2,(H,27,28)(H,29,30)/t19-/m1/s1. The van der Waals surface area contributed by atoms with E-state index >= 15 is 0 Å². The number of hydrogen-bond donors (Lipinski definition) is 2. The largest absolute Gasteiger partial charge is 0.480 e. The number of hydrogen-bond acceptors (Lipinski definition) is 6. The van der Waals surface area contributed by atoms with Crippen LogP contribution in [-0.2, 0) is 16.1 Å². The zero-order chi connectivity index (χ0) is 21.1. The molecule has 0 spiro atoms. The second-order valence-corrected chi connectivity index (χ2v) is 7.29. The molecule has 4 rings (SSSR count). The minimum atomic E-state index is -0.970. The Hall–Kier alpha value is -3.46. The lowest BCUT2D eigenvalue weighted by molar-refractivity contribution is -0.143. The summed E-state index contributed by atoms with van der Waals surface area (Å²) in [7, 11) is 0. The molecule has 1 fully saturated rings. The molecule has 1 aromatic carbocycles. The van der Waals surface area contributed by atoms with Crippen molar-refractivity contribution in [1.29, 1.82) is 0 Å². The molecule has 0 radical (unpaired) electrons. The average Bonchev–Trinajstić information content (AvgIpc) is 2.91. The zero-order valence-corrected chi connectivity index (χ0v) is 16.4. The maximum atomic E-state index is 12.3. The Bertz CT molecular complexity index is 1050. The number of benzene rings is 1. The molecule has 1 aliphatic heterocycles. The summed E-state index contributed by atoms with van der Waals surface area (Å²) in [5.41, 5.74) is 1.33. The van der Waals surface area contributed by atoms with E-state index in [4.69, 9.17) is 0 Å². The van der Waals surface area contributed by atoms with Gasteiger partial charge in [-0.25, -0.2) is 9.97 Å². The smallest absolute Gasteiger partial charge is 0.325 e. The molecule has 9 heteroatoms. The highest BCUT2D eigenvalue weighted by Gasteiger charge is 2.32. The van der Waals surface area contributed by atoms with Crippen LogP contribution in [-0.4, -0.2) is 67.8 Å². The molecule has 0 unspecified atom stereocenters. The van der Waals surface area contributed by atoms with Crippen molar-refractivity contribution < 1.29 is 19.8 Å². The van der Waals surface area contributed by atoms with E-state index in [1.54, 1.807) is 29.2 Å². The maximum absolute atomic E-state index is 12.3. The fourth-order valence-electron chi connectivity index (χ4n) is 4.11. The van der Waals surface area contributed by atoms with Crippen molar-refractivity contribution in [2.75, 3.05) is 31.1 Å². The Balaban J connectivity index is 1.65. The second-order valence-electron chi connectivity index (χ2n) is 7.29. The highest BCUT2D eigenvalue weighted by molar-refractivity contribution is 5.90. The van der Waals surface area contributed by atoms with Crippen LogP contribution in [0, 0.1) is 0 Å². The number of fused-ring (bicyclic) bond motifs is 1. The summed E-state index contributed by atoms with van der Waals surface area (Å²) >= 11 is 0. The first-order valence-electron chi connectivity index (χ1n) is 9.83. The number of aliphatic carboxylic acids is 2. The third-order valence-electron chi connectivity index (χ3n) is 5.38. The highest BCUT2D eigenvalue weighted by Crippen LogP contribution is 2.31. The molecule has 3 heterocycles. The van der Waals surface area contributed by atoms with Crippen molar-refractivity contribution >= 4 is 28.8 Å². The number of carboxylic acid groups (broad SMARTS) is 2. The summed E-state index contributed by atoms with van der Waals surface area (Å²) < 4.78 is 1.60. The molecular weight excluding hydrogens is 386 g/mol. The summed E-state index contributed by atoms with van der Waals surface area (Å²) in [6, 6.07) is 8.23. The molecule has 0 bridgehead atoms. The van der Waals surface area contributed by atoms with E-state index in [0.29, 0.717) is 31.1 Å². The van der Waals surface area contributed by atoms with Gasteiger partial charge in [-0.15, -0.1) is 0 Å². The van der Waals surface area contributed by atoms with E-state index in [0.717, 1.165) is 23.9 Å². The van der Waals surface area contributed by atoms with E-state index in [9.17, 15) is 19.8 Å². The van der Waals surface area contributed by atoms with Crippen molar-refractivity contribution in [3.63, 3.8) is 0 Å². The van der Waals surface area contributed by atoms with Gasteiger partial charge in [-0.3, -0.25) is 14.5 Å². The van der Waals surface area contributed by atoms with Crippen LogP contribution < -0.4 is 4.90 Å². The van der Waals surface area contributed by atoms with E-state index in [2.05, 4.69) is 14.9 Å². The Morgan fingerprint density at radius 2 is 1.77 bits per heavy atom. The molecule has 30 heavy (non-hydrogen) atoms. The molecule has 1 aliphatic rings. The molecule has 1 atom stereocenters. The average molecular weight is 409 g/mol. The molecule has 0 aliphatic carbocycles. The first-order chi connectivity index (χ1) is 14.5. The Morgan fingerprint density at radius 1 is 1.00 bits per heavy atom. The van der Waals surface area contributed by atoms with Crippen LogP contribution in [0.2, 0.25) is 0 Å². The predicted molar refractivity (Wildman–Crippen MR) is 110 cm³/mol. The molecule has 2 aromatic heterocycles. The van der Waals surface area contributed by atoms with Gasteiger partial charge < -0.3 is 19.7 Å². The fourth-order valence-corrected chi connectivity index (χ4v) is 4.11. The van der Waals surface area contributed by atoms with Crippen molar-refractivity contribution in [2.24, 2.45) is 0 Å². The zero-order valence-electron chi connectivity index (χ0n) is 16.4. The van der Waals surface area contributed by atoms with Crippen molar-refractivity contribution in [3.05, 3.63) is 54.5 Å². The summed E-state index contributed by atoms with van der Waals surface area (Å²) in [5.74, 6) is -1.27. The van der Waals surface area contributed by atoms with Gasteiger partial charge in [0.1, 0.15) is 12.6 Å². The lowest BCUT2D eigenvalue weighted by Crippen LogP contribution is -2.37. The summed E-state index contributed by atoms with van der Waals surface area (Å²) in [6.07, 6.45) is 5.83. The van der Waals surface area contributed by atoms with Crippen molar-refractivity contribution in [3.8, 4) is 0 Å². The number of anilines is 1.